The van der Waals surface area contributed by atoms with E-state index >= 15 is 0 Å². The Balaban J connectivity index is 2.16. The Labute approximate surface area is 133 Å². The minimum atomic E-state index is -0.363. The summed E-state index contributed by atoms with van der Waals surface area (Å²) in [5.74, 6) is -0.276. The lowest BCUT2D eigenvalue weighted by Crippen LogP contribution is -2.33. The summed E-state index contributed by atoms with van der Waals surface area (Å²) in [7, 11) is 1.39. The van der Waals surface area contributed by atoms with Gasteiger partial charge in [0.1, 0.15) is 4.83 Å². The molecule has 1 atom stereocenters. The number of nitrogens with one attached hydrogen (secondary N) is 1. The van der Waals surface area contributed by atoms with E-state index in [1.165, 1.54) is 7.11 Å². The lowest BCUT2D eigenvalue weighted by molar-refractivity contribution is -0.139. The average Bonchev–Trinajstić information content (AvgIpc) is 2.56. The van der Waals surface area contributed by atoms with Crippen LogP contribution >= 0.6 is 15.9 Å². The molecule has 2 rings (SSSR count). The predicted molar refractivity (Wildman–Crippen MR) is 87.5 cm³/mol. The number of rotatable bonds is 6. The van der Waals surface area contributed by atoms with Gasteiger partial charge in [-0.15, -0.1) is 0 Å². The number of ether oxygens (including phenoxy) is 1. The molecule has 0 aromatic heterocycles. The number of benzene rings is 2. The van der Waals surface area contributed by atoms with Crippen molar-refractivity contribution < 1.29 is 9.53 Å². The minimum Gasteiger partial charge on any atom is -0.468 e. The highest BCUT2D eigenvalue weighted by atomic mass is 79.9. The zero-order valence-corrected chi connectivity index (χ0v) is 13.4. The molecule has 0 saturated heterocycles. The van der Waals surface area contributed by atoms with Gasteiger partial charge < -0.3 is 10.1 Å². The summed E-state index contributed by atoms with van der Waals surface area (Å²) >= 11 is 3.34. The van der Waals surface area contributed by atoms with Gasteiger partial charge in [0.05, 0.1) is 13.2 Å². The van der Waals surface area contributed by atoms with E-state index in [9.17, 15) is 4.79 Å². The highest BCUT2D eigenvalue weighted by Gasteiger charge is 2.19. The maximum Gasteiger partial charge on any atom is 0.320 e. The molecule has 0 amide bonds. The number of carbonyl (C=O) groups is 1. The molecule has 0 bridgehead atoms. The first-order chi connectivity index (χ1) is 10.2. The Morgan fingerprint density at radius 1 is 1.05 bits per heavy atom. The first kappa shape index (κ1) is 15.7. The van der Waals surface area contributed by atoms with Crippen molar-refractivity contribution in [1.29, 1.82) is 0 Å². The van der Waals surface area contributed by atoms with E-state index in [-0.39, 0.29) is 16.8 Å². The molecule has 21 heavy (non-hydrogen) atoms. The van der Waals surface area contributed by atoms with Gasteiger partial charge >= 0.3 is 5.97 Å². The van der Waals surface area contributed by atoms with Crippen LogP contribution in [0.1, 0.15) is 17.2 Å². The van der Waals surface area contributed by atoms with Crippen LogP contribution in [0.25, 0.3) is 0 Å². The van der Waals surface area contributed by atoms with E-state index in [1.54, 1.807) is 0 Å². The molecule has 0 aliphatic rings. The standard InChI is InChI=1S/C17H18BrNO2/c1-21-17(20)15(18)12-19-16(13-8-4-2-5-9-13)14-10-6-3-7-11-14/h2-11,15-16,19H,12H2,1H3. The van der Waals surface area contributed by atoms with Gasteiger partial charge in [0, 0.05) is 6.54 Å². The van der Waals surface area contributed by atoms with Crippen LogP contribution in [0.5, 0.6) is 0 Å². The fourth-order valence-corrected chi connectivity index (χ4v) is 2.53. The number of hydrogen-bond donors (Lipinski definition) is 1. The number of carbonyl (C=O) groups excluding carboxylic acids is 1. The fraction of sp³-hybridized carbons (Fsp3) is 0.235. The fourth-order valence-electron chi connectivity index (χ4n) is 2.15. The van der Waals surface area contributed by atoms with Gasteiger partial charge in [-0.25, -0.2) is 0 Å². The van der Waals surface area contributed by atoms with Crippen LogP contribution in [-0.4, -0.2) is 24.5 Å². The second-order valence-corrected chi connectivity index (χ2v) is 5.76. The molecule has 4 heteroatoms. The van der Waals surface area contributed by atoms with Crippen LogP contribution in [0.3, 0.4) is 0 Å². The lowest BCUT2D eigenvalue weighted by atomic mass is 9.99. The van der Waals surface area contributed by atoms with Gasteiger partial charge in [-0.3, -0.25) is 4.79 Å². The Bertz CT molecular complexity index is 520. The number of methoxy groups -OCH3 is 1. The van der Waals surface area contributed by atoms with Gasteiger partial charge in [0.2, 0.25) is 0 Å². The third kappa shape index (κ3) is 4.41. The maximum atomic E-state index is 11.5. The van der Waals surface area contributed by atoms with E-state index in [0.29, 0.717) is 6.54 Å². The highest BCUT2D eigenvalue weighted by molar-refractivity contribution is 9.10. The SMILES string of the molecule is COC(=O)C(Br)CNC(c1ccccc1)c1ccccc1. The normalized spacial score (nSPS) is 12.1. The van der Waals surface area contributed by atoms with Crippen molar-refractivity contribution >= 4 is 21.9 Å². The molecule has 0 heterocycles. The van der Waals surface area contributed by atoms with Crippen molar-refractivity contribution in [3.8, 4) is 0 Å². The smallest absolute Gasteiger partial charge is 0.320 e. The van der Waals surface area contributed by atoms with Crippen LogP contribution in [0.15, 0.2) is 60.7 Å². The third-order valence-electron chi connectivity index (χ3n) is 3.22. The van der Waals surface area contributed by atoms with Gasteiger partial charge in [-0.05, 0) is 11.1 Å². The zero-order chi connectivity index (χ0) is 15.1. The highest BCUT2D eigenvalue weighted by Crippen LogP contribution is 2.22. The second-order valence-electron chi connectivity index (χ2n) is 4.65. The minimum absolute atomic E-state index is 0.0390. The summed E-state index contributed by atoms with van der Waals surface area (Å²) in [4.78, 5) is 11.1. The summed E-state index contributed by atoms with van der Waals surface area (Å²) in [6.45, 7) is 0.487. The van der Waals surface area contributed by atoms with Crippen molar-refractivity contribution in [2.24, 2.45) is 0 Å². The molecule has 0 saturated carbocycles. The Kier molecular flexibility index (Phi) is 5.96. The zero-order valence-electron chi connectivity index (χ0n) is 11.8. The molecule has 0 radical (unpaired) electrons. The van der Waals surface area contributed by atoms with Crippen molar-refractivity contribution in [2.45, 2.75) is 10.9 Å². The van der Waals surface area contributed by atoms with Gasteiger partial charge in [0.15, 0.2) is 0 Å². The number of hydrogen-bond acceptors (Lipinski definition) is 3. The summed E-state index contributed by atoms with van der Waals surface area (Å²) < 4.78 is 4.73. The first-order valence-electron chi connectivity index (χ1n) is 6.77. The van der Waals surface area contributed by atoms with Crippen molar-refractivity contribution in [1.82, 2.24) is 5.32 Å². The summed E-state index contributed by atoms with van der Waals surface area (Å²) in [6, 6.07) is 20.4. The Morgan fingerprint density at radius 3 is 1.95 bits per heavy atom. The molecule has 0 aliphatic carbocycles. The number of alkyl halides is 1. The quantitative estimate of drug-likeness (QED) is 0.643. The molecule has 110 valence electrons. The summed E-state index contributed by atoms with van der Waals surface area (Å²) in [5, 5.41) is 3.42. The second kappa shape index (κ2) is 7.96. The van der Waals surface area contributed by atoms with E-state index in [1.807, 2.05) is 36.4 Å². The molecule has 1 unspecified atom stereocenters. The predicted octanol–water partition coefficient (Wildman–Crippen LogP) is 3.30. The van der Waals surface area contributed by atoms with Gasteiger partial charge in [0.25, 0.3) is 0 Å². The number of halogens is 1. The van der Waals surface area contributed by atoms with Crippen LogP contribution in [0.2, 0.25) is 0 Å². The van der Waals surface area contributed by atoms with Crippen LogP contribution in [0, 0.1) is 0 Å². The first-order valence-corrected chi connectivity index (χ1v) is 7.69. The molecular weight excluding hydrogens is 330 g/mol. The molecule has 0 spiro atoms. The third-order valence-corrected chi connectivity index (χ3v) is 3.92. The van der Waals surface area contributed by atoms with Crippen LogP contribution < -0.4 is 5.32 Å². The summed E-state index contributed by atoms with van der Waals surface area (Å²) in [6.07, 6.45) is 0. The van der Waals surface area contributed by atoms with Crippen molar-refractivity contribution in [2.75, 3.05) is 13.7 Å². The number of esters is 1. The molecule has 1 N–H and O–H groups in total. The van der Waals surface area contributed by atoms with E-state index in [2.05, 4.69) is 45.5 Å². The van der Waals surface area contributed by atoms with E-state index in [0.717, 1.165) is 11.1 Å². The van der Waals surface area contributed by atoms with Gasteiger partial charge in [-0.1, -0.05) is 76.6 Å². The molecule has 0 aliphatic heterocycles. The van der Waals surface area contributed by atoms with Gasteiger partial charge in [-0.2, -0.15) is 0 Å². The molecule has 0 fully saturated rings. The Morgan fingerprint density at radius 2 is 1.52 bits per heavy atom. The monoisotopic (exact) mass is 347 g/mol. The maximum absolute atomic E-state index is 11.5. The van der Waals surface area contributed by atoms with E-state index < -0.39 is 0 Å². The molecular formula is C17H18BrNO2. The molecule has 3 nitrogen and oxygen atoms in total. The van der Waals surface area contributed by atoms with Crippen molar-refractivity contribution in [3.05, 3.63) is 71.8 Å². The Hall–Kier alpha value is -1.65. The van der Waals surface area contributed by atoms with Crippen LogP contribution in [0.4, 0.5) is 0 Å². The molecule has 2 aromatic carbocycles. The largest absolute Gasteiger partial charge is 0.468 e. The van der Waals surface area contributed by atoms with E-state index in [4.69, 9.17) is 4.74 Å². The van der Waals surface area contributed by atoms with Crippen molar-refractivity contribution in [3.63, 3.8) is 0 Å². The lowest BCUT2D eigenvalue weighted by Gasteiger charge is -2.21. The topological polar surface area (TPSA) is 38.3 Å². The average molecular weight is 348 g/mol. The summed E-state index contributed by atoms with van der Waals surface area (Å²) in [5.41, 5.74) is 2.32. The molecule has 2 aromatic rings. The van der Waals surface area contributed by atoms with Crippen LogP contribution in [-0.2, 0) is 9.53 Å².